The SMILES string of the molecule is CCOc1ccccc1Nc1nnc(SC(C)C(=O)Nc2ccc(F)c(F)c2F)s1. The number of hydrogen-bond donors (Lipinski definition) is 2. The van der Waals surface area contributed by atoms with Crippen LogP contribution in [0.3, 0.4) is 0 Å². The van der Waals surface area contributed by atoms with Crippen LogP contribution in [-0.2, 0) is 4.79 Å². The van der Waals surface area contributed by atoms with Gasteiger partial charge in [0.1, 0.15) is 5.75 Å². The van der Waals surface area contributed by atoms with Crippen LogP contribution in [0.5, 0.6) is 5.75 Å². The Morgan fingerprint density at radius 3 is 2.67 bits per heavy atom. The molecule has 1 aromatic heterocycles. The molecule has 11 heteroatoms. The van der Waals surface area contributed by atoms with Crippen molar-refractivity contribution >= 4 is 45.5 Å². The average Bonchev–Trinajstić information content (AvgIpc) is 3.16. The van der Waals surface area contributed by atoms with Gasteiger partial charge in [-0.1, -0.05) is 35.2 Å². The van der Waals surface area contributed by atoms with Gasteiger partial charge in [0.15, 0.2) is 21.8 Å². The Labute approximate surface area is 178 Å². The Morgan fingerprint density at radius 2 is 1.90 bits per heavy atom. The Kier molecular flexibility index (Phi) is 7.16. The van der Waals surface area contributed by atoms with Crippen LogP contribution in [0, 0.1) is 17.5 Å². The van der Waals surface area contributed by atoms with Crippen molar-refractivity contribution in [1.82, 2.24) is 10.2 Å². The normalized spacial score (nSPS) is 11.8. The number of thioether (sulfide) groups is 1. The Bertz CT molecular complexity index is 1050. The van der Waals surface area contributed by atoms with Crippen LogP contribution in [0.25, 0.3) is 0 Å². The number of benzene rings is 2. The van der Waals surface area contributed by atoms with E-state index in [0.29, 0.717) is 21.8 Å². The summed E-state index contributed by atoms with van der Waals surface area (Å²) in [7, 11) is 0. The molecule has 0 aliphatic rings. The molecule has 3 aromatic rings. The number of carbonyl (C=O) groups excluding carboxylic acids is 1. The van der Waals surface area contributed by atoms with Crippen molar-refractivity contribution in [3.05, 3.63) is 53.8 Å². The molecule has 0 spiro atoms. The van der Waals surface area contributed by atoms with E-state index in [1.165, 1.54) is 11.3 Å². The number of hydrogen-bond acceptors (Lipinski definition) is 7. The molecule has 0 aliphatic heterocycles. The Hall–Kier alpha value is -2.79. The predicted octanol–water partition coefficient (Wildman–Crippen LogP) is 5.22. The van der Waals surface area contributed by atoms with Crippen LogP contribution in [0.4, 0.5) is 29.7 Å². The third kappa shape index (κ3) is 5.22. The van der Waals surface area contributed by atoms with Crippen molar-refractivity contribution in [3.8, 4) is 5.75 Å². The van der Waals surface area contributed by atoms with E-state index < -0.39 is 34.3 Å². The minimum Gasteiger partial charge on any atom is -0.492 e. The molecule has 0 radical (unpaired) electrons. The molecule has 6 nitrogen and oxygen atoms in total. The van der Waals surface area contributed by atoms with E-state index in [9.17, 15) is 18.0 Å². The fourth-order valence-corrected chi connectivity index (χ4v) is 4.24. The molecule has 1 heterocycles. The molecule has 1 unspecified atom stereocenters. The number of aromatic nitrogens is 2. The second-order valence-electron chi connectivity index (χ2n) is 5.90. The van der Waals surface area contributed by atoms with E-state index in [0.717, 1.165) is 29.6 Å². The minimum absolute atomic E-state index is 0.432. The van der Waals surface area contributed by atoms with Gasteiger partial charge in [0.2, 0.25) is 11.0 Å². The molecule has 0 fully saturated rings. The minimum atomic E-state index is -1.64. The second-order valence-corrected chi connectivity index (χ2v) is 8.46. The number of ether oxygens (including phenoxy) is 1. The van der Waals surface area contributed by atoms with Crippen LogP contribution >= 0.6 is 23.1 Å². The van der Waals surface area contributed by atoms with Gasteiger partial charge in [-0.25, -0.2) is 13.2 Å². The fraction of sp³-hybridized carbons (Fsp3) is 0.211. The van der Waals surface area contributed by atoms with Crippen LogP contribution in [0.1, 0.15) is 13.8 Å². The molecular formula is C19H17F3N4O2S2. The maximum atomic E-state index is 13.7. The van der Waals surface area contributed by atoms with Crippen molar-refractivity contribution in [2.24, 2.45) is 0 Å². The Morgan fingerprint density at radius 1 is 1.13 bits per heavy atom. The number of para-hydroxylation sites is 2. The molecular weight excluding hydrogens is 437 g/mol. The van der Waals surface area contributed by atoms with Gasteiger partial charge in [0.25, 0.3) is 0 Å². The Balaban J connectivity index is 1.63. The number of carbonyl (C=O) groups is 1. The lowest BCUT2D eigenvalue weighted by atomic mass is 10.2. The number of nitrogens with zero attached hydrogens (tertiary/aromatic N) is 2. The quantitative estimate of drug-likeness (QED) is 0.359. The first-order valence-corrected chi connectivity index (χ1v) is 10.5. The molecule has 2 aromatic carbocycles. The average molecular weight is 454 g/mol. The molecule has 2 N–H and O–H groups in total. The molecule has 0 saturated carbocycles. The zero-order valence-corrected chi connectivity index (χ0v) is 17.5. The van der Waals surface area contributed by atoms with E-state index in [2.05, 4.69) is 20.8 Å². The third-order valence-electron chi connectivity index (χ3n) is 3.77. The number of nitrogens with one attached hydrogen (secondary N) is 2. The largest absolute Gasteiger partial charge is 0.492 e. The van der Waals surface area contributed by atoms with E-state index >= 15 is 0 Å². The zero-order valence-electron chi connectivity index (χ0n) is 15.9. The topological polar surface area (TPSA) is 76.1 Å². The summed E-state index contributed by atoms with van der Waals surface area (Å²) in [4.78, 5) is 12.3. The molecule has 30 heavy (non-hydrogen) atoms. The lowest BCUT2D eigenvalue weighted by Gasteiger charge is -2.11. The van der Waals surface area contributed by atoms with E-state index in [-0.39, 0.29) is 0 Å². The number of halogens is 3. The van der Waals surface area contributed by atoms with Gasteiger partial charge < -0.3 is 15.4 Å². The van der Waals surface area contributed by atoms with Crippen LogP contribution in [0.15, 0.2) is 40.7 Å². The van der Waals surface area contributed by atoms with Gasteiger partial charge in [0, 0.05) is 0 Å². The first-order valence-electron chi connectivity index (χ1n) is 8.82. The molecule has 1 atom stereocenters. The van der Waals surface area contributed by atoms with E-state index in [1.54, 1.807) is 6.92 Å². The maximum Gasteiger partial charge on any atom is 0.237 e. The first-order chi connectivity index (χ1) is 14.4. The van der Waals surface area contributed by atoms with Gasteiger partial charge in [-0.2, -0.15) is 0 Å². The first kappa shape index (κ1) is 21.9. The highest BCUT2D eigenvalue weighted by Crippen LogP contribution is 2.33. The monoisotopic (exact) mass is 454 g/mol. The van der Waals surface area contributed by atoms with E-state index in [1.807, 2.05) is 31.2 Å². The molecule has 1 amide bonds. The number of amides is 1. The van der Waals surface area contributed by atoms with Crippen molar-refractivity contribution in [2.75, 3.05) is 17.2 Å². The fourth-order valence-electron chi connectivity index (χ4n) is 2.34. The third-order valence-corrected chi connectivity index (χ3v) is 5.80. The standard InChI is InChI=1S/C19H17F3N4O2S2/c1-3-28-14-7-5-4-6-12(14)24-18-25-26-19(30-18)29-10(2)17(27)23-13-9-8-11(20)15(21)16(13)22/h4-10H,3H2,1-2H3,(H,23,27)(H,24,25). The van der Waals surface area contributed by atoms with Gasteiger partial charge >= 0.3 is 0 Å². The highest BCUT2D eigenvalue weighted by Gasteiger charge is 2.21. The summed E-state index contributed by atoms with van der Waals surface area (Å²) in [5, 5.41) is 13.3. The summed E-state index contributed by atoms with van der Waals surface area (Å²) < 4.78 is 46.1. The molecule has 3 rings (SSSR count). The van der Waals surface area contributed by atoms with Gasteiger partial charge in [-0.15, -0.1) is 10.2 Å². The van der Waals surface area contributed by atoms with Crippen LogP contribution < -0.4 is 15.4 Å². The molecule has 158 valence electrons. The van der Waals surface area contributed by atoms with Crippen molar-refractivity contribution < 1.29 is 22.7 Å². The van der Waals surface area contributed by atoms with Crippen molar-refractivity contribution in [3.63, 3.8) is 0 Å². The number of anilines is 3. The highest BCUT2D eigenvalue weighted by atomic mass is 32.2. The predicted molar refractivity (Wildman–Crippen MR) is 111 cm³/mol. The molecule has 0 aliphatic carbocycles. The lowest BCUT2D eigenvalue weighted by molar-refractivity contribution is -0.115. The summed E-state index contributed by atoms with van der Waals surface area (Å²) in [6.07, 6.45) is 0. The highest BCUT2D eigenvalue weighted by molar-refractivity contribution is 8.02. The van der Waals surface area contributed by atoms with Gasteiger partial charge in [-0.3, -0.25) is 4.79 Å². The summed E-state index contributed by atoms with van der Waals surface area (Å²) in [5.74, 6) is -4.33. The van der Waals surface area contributed by atoms with Gasteiger partial charge in [-0.05, 0) is 38.1 Å². The maximum absolute atomic E-state index is 13.7. The molecule has 0 saturated heterocycles. The summed E-state index contributed by atoms with van der Waals surface area (Å²) in [6.45, 7) is 3.98. The van der Waals surface area contributed by atoms with E-state index in [4.69, 9.17) is 4.74 Å². The summed E-state index contributed by atoms with van der Waals surface area (Å²) in [6, 6.07) is 9.08. The molecule has 0 bridgehead atoms. The van der Waals surface area contributed by atoms with Crippen LogP contribution in [0.2, 0.25) is 0 Å². The summed E-state index contributed by atoms with van der Waals surface area (Å²) in [5.41, 5.74) is 0.296. The lowest BCUT2D eigenvalue weighted by Crippen LogP contribution is -2.23. The van der Waals surface area contributed by atoms with Gasteiger partial charge in [0.05, 0.1) is 23.2 Å². The van der Waals surface area contributed by atoms with Crippen molar-refractivity contribution in [2.45, 2.75) is 23.4 Å². The van der Waals surface area contributed by atoms with Crippen LogP contribution in [-0.4, -0.2) is 28.0 Å². The summed E-state index contributed by atoms with van der Waals surface area (Å²) >= 11 is 2.33. The second kappa shape index (κ2) is 9.81. The van der Waals surface area contributed by atoms with Crippen molar-refractivity contribution in [1.29, 1.82) is 0 Å². The number of rotatable bonds is 8. The zero-order chi connectivity index (χ0) is 21.7. The smallest absolute Gasteiger partial charge is 0.237 e.